The Morgan fingerprint density at radius 2 is 2.05 bits per heavy atom. The predicted octanol–water partition coefficient (Wildman–Crippen LogP) is -0.932. The molecule has 8 nitrogen and oxygen atoms in total. The van der Waals surface area contributed by atoms with E-state index in [1.165, 1.54) is 9.47 Å². The number of nitrogens with zero attached hydrogens (tertiary/aromatic N) is 3. The van der Waals surface area contributed by atoms with Crippen LogP contribution in [0.25, 0.3) is 0 Å². The van der Waals surface area contributed by atoms with Gasteiger partial charge < -0.3 is 14.8 Å². The van der Waals surface area contributed by atoms with Crippen molar-refractivity contribution < 1.29 is 19.6 Å². The number of carbonyl (C=O) groups is 1. The van der Waals surface area contributed by atoms with E-state index in [4.69, 9.17) is 14.8 Å². The number of aromatic nitrogens is 2. The Bertz CT molecular complexity index is 608. The largest absolute Gasteiger partial charge is 0.495 e. The molecule has 1 aromatic heterocycles. The summed E-state index contributed by atoms with van der Waals surface area (Å²) in [6.07, 6.45) is 1.04. The maximum absolute atomic E-state index is 12.2. The Morgan fingerprint density at radius 3 is 2.62 bits per heavy atom. The highest BCUT2D eigenvalue weighted by Crippen LogP contribution is 2.18. The summed E-state index contributed by atoms with van der Waals surface area (Å²) in [5, 5.41) is 18.3. The molecule has 0 saturated carbocycles. The third kappa shape index (κ3) is 3.25. The first-order valence-corrected chi connectivity index (χ1v) is 6.67. The molecule has 0 fully saturated rings. The van der Waals surface area contributed by atoms with Crippen LogP contribution in [0.4, 0.5) is 10.7 Å². The topological polar surface area (TPSA) is 105 Å². The second-order valence-electron chi connectivity index (χ2n) is 5.83. The van der Waals surface area contributed by atoms with Gasteiger partial charge in [0.05, 0.1) is 5.46 Å². The minimum absolute atomic E-state index is 0.157. The number of carbonyl (C=O) groups excluding carboxylic acids is 1. The molecule has 2 rings (SSSR count). The molecule has 0 aliphatic carbocycles. The summed E-state index contributed by atoms with van der Waals surface area (Å²) in [7, 11) is -1.89. The molecule has 9 heteroatoms. The van der Waals surface area contributed by atoms with Gasteiger partial charge in [-0.25, -0.2) is 14.7 Å². The molecule has 0 bridgehead atoms. The third-order valence-corrected chi connectivity index (χ3v) is 2.95. The number of anilines is 1. The van der Waals surface area contributed by atoms with Crippen molar-refractivity contribution in [2.75, 3.05) is 11.4 Å². The van der Waals surface area contributed by atoms with Crippen LogP contribution in [-0.2, 0) is 11.3 Å². The van der Waals surface area contributed by atoms with Crippen molar-refractivity contribution in [3.63, 3.8) is 0 Å². The van der Waals surface area contributed by atoms with Crippen molar-refractivity contribution in [3.05, 3.63) is 16.6 Å². The van der Waals surface area contributed by atoms with Gasteiger partial charge in [-0.15, -0.1) is 0 Å². The van der Waals surface area contributed by atoms with Gasteiger partial charge in [0, 0.05) is 19.3 Å². The van der Waals surface area contributed by atoms with Crippen molar-refractivity contribution in [3.8, 4) is 0 Å². The molecule has 21 heavy (non-hydrogen) atoms. The number of fused-ring (bicyclic) bond motifs is 1. The molecule has 1 aliphatic rings. The van der Waals surface area contributed by atoms with E-state index in [9.17, 15) is 9.59 Å². The van der Waals surface area contributed by atoms with Crippen molar-refractivity contribution in [2.24, 2.45) is 0 Å². The second-order valence-corrected chi connectivity index (χ2v) is 5.83. The molecule has 0 saturated heterocycles. The molecular formula is C12H18BN3O5. The summed E-state index contributed by atoms with van der Waals surface area (Å²) in [5.74, 6) is 0.157. The van der Waals surface area contributed by atoms with Crippen LogP contribution in [0.1, 0.15) is 27.2 Å². The van der Waals surface area contributed by atoms with Gasteiger partial charge in [-0.1, -0.05) is 0 Å². The molecule has 1 amide bonds. The van der Waals surface area contributed by atoms with Crippen molar-refractivity contribution in [1.82, 2.24) is 9.55 Å². The van der Waals surface area contributed by atoms with Crippen LogP contribution in [0.15, 0.2) is 11.0 Å². The SMILES string of the molecule is CC(C)(C)OC(=O)N1CCCn2c1ncc(B(O)O)c2=O. The monoisotopic (exact) mass is 295 g/mol. The lowest BCUT2D eigenvalue weighted by Gasteiger charge is -2.31. The van der Waals surface area contributed by atoms with Gasteiger partial charge >= 0.3 is 13.2 Å². The summed E-state index contributed by atoms with van der Waals surface area (Å²) in [6, 6.07) is 0. The van der Waals surface area contributed by atoms with E-state index in [0.717, 1.165) is 6.20 Å². The first-order valence-electron chi connectivity index (χ1n) is 6.67. The first kappa shape index (κ1) is 15.5. The fourth-order valence-electron chi connectivity index (χ4n) is 2.07. The van der Waals surface area contributed by atoms with Crippen LogP contribution in [-0.4, -0.2) is 45.0 Å². The zero-order chi connectivity index (χ0) is 15.8. The average Bonchev–Trinajstić information content (AvgIpc) is 2.36. The second kappa shape index (κ2) is 5.49. The van der Waals surface area contributed by atoms with E-state index in [-0.39, 0.29) is 11.4 Å². The van der Waals surface area contributed by atoms with Gasteiger partial charge in [-0.3, -0.25) is 9.36 Å². The summed E-state index contributed by atoms with van der Waals surface area (Å²) in [5.41, 5.74) is -1.44. The maximum atomic E-state index is 12.2. The predicted molar refractivity (Wildman–Crippen MR) is 76.5 cm³/mol. The highest BCUT2D eigenvalue weighted by Gasteiger charge is 2.30. The molecular weight excluding hydrogens is 277 g/mol. The summed E-state index contributed by atoms with van der Waals surface area (Å²) >= 11 is 0. The standard InChI is InChI=1S/C12H18BN3O5/c1-12(2,3)21-11(18)16-6-4-5-15-9(17)8(13(19)20)7-14-10(15)16/h7,19-20H,4-6H2,1-3H3. The fourth-order valence-corrected chi connectivity index (χ4v) is 2.07. The number of hydrogen-bond acceptors (Lipinski definition) is 6. The molecule has 0 atom stereocenters. The van der Waals surface area contributed by atoms with Crippen LogP contribution in [0, 0.1) is 0 Å². The molecule has 114 valence electrons. The minimum atomic E-state index is -1.89. The minimum Gasteiger partial charge on any atom is -0.443 e. The normalized spacial score (nSPS) is 14.6. The van der Waals surface area contributed by atoms with Crippen LogP contribution in [0.2, 0.25) is 0 Å². The molecule has 2 N–H and O–H groups in total. The highest BCUT2D eigenvalue weighted by molar-refractivity contribution is 6.58. The van der Waals surface area contributed by atoms with E-state index in [0.29, 0.717) is 19.5 Å². The summed E-state index contributed by atoms with van der Waals surface area (Å²) in [6.45, 7) is 6.01. The Kier molecular flexibility index (Phi) is 4.06. The molecule has 0 aromatic carbocycles. The maximum Gasteiger partial charge on any atom is 0.495 e. The Hall–Kier alpha value is -1.87. The average molecular weight is 295 g/mol. The molecule has 0 radical (unpaired) electrons. The number of hydrogen-bond donors (Lipinski definition) is 2. The first-order chi connectivity index (χ1) is 9.70. The molecule has 2 heterocycles. The van der Waals surface area contributed by atoms with Gasteiger partial charge in [0.1, 0.15) is 5.60 Å². The van der Waals surface area contributed by atoms with E-state index >= 15 is 0 Å². The Morgan fingerprint density at radius 1 is 1.38 bits per heavy atom. The van der Waals surface area contributed by atoms with Gasteiger partial charge in [0.25, 0.3) is 5.56 Å². The van der Waals surface area contributed by atoms with Gasteiger partial charge in [0.2, 0.25) is 5.95 Å². The lowest BCUT2D eigenvalue weighted by Crippen LogP contribution is -2.51. The highest BCUT2D eigenvalue weighted by atomic mass is 16.6. The van der Waals surface area contributed by atoms with E-state index in [1.54, 1.807) is 20.8 Å². The van der Waals surface area contributed by atoms with Crippen LogP contribution >= 0.6 is 0 Å². The molecule has 0 spiro atoms. The summed E-state index contributed by atoms with van der Waals surface area (Å²) in [4.78, 5) is 29.6. The molecule has 1 aliphatic heterocycles. The van der Waals surface area contributed by atoms with E-state index in [1.807, 2.05) is 0 Å². The zero-order valence-corrected chi connectivity index (χ0v) is 12.2. The quantitative estimate of drug-likeness (QED) is 0.648. The lowest BCUT2D eigenvalue weighted by atomic mass is 9.82. The van der Waals surface area contributed by atoms with Gasteiger partial charge in [-0.05, 0) is 27.2 Å². The molecule has 1 aromatic rings. The number of ether oxygens (including phenoxy) is 1. The summed E-state index contributed by atoms with van der Waals surface area (Å²) < 4.78 is 6.54. The van der Waals surface area contributed by atoms with Gasteiger partial charge in [0.15, 0.2) is 0 Å². The number of rotatable bonds is 1. The van der Waals surface area contributed by atoms with Crippen molar-refractivity contribution >= 4 is 24.6 Å². The van der Waals surface area contributed by atoms with Crippen LogP contribution in [0.3, 0.4) is 0 Å². The Balaban J connectivity index is 2.39. The van der Waals surface area contributed by atoms with Crippen LogP contribution < -0.4 is 15.9 Å². The van der Waals surface area contributed by atoms with Crippen molar-refractivity contribution in [2.45, 2.75) is 39.3 Å². The van der Waals surface area contributed by atoms with Crippen molar-refractivity contribution in [1.29, 1.82) is 0 Å². The Labute approximate surface area is 122 Å². The third-order valence-electron chi connectivity index (χ3n) is 2.95. The van der Waals surface area contributed by atoms with E-state index in [2.05, 4.69) is 4.98 Å². The molecule has 0 unspecified atom stereocenters. The van der Waals surface area contributed by atoms with Crippen LogP contribution in [0.5, 0.6) is 0 Å². The van der Waals surface area contributed by atoms with Gasteiger partial charge in [-0.2, -0.15) is 0 Å². The van der Waals surface area contributed by atoms with E-state index < -0.39 is 24.4 Å². The lowest BCUT2D eigenvalue weighted by molar-refractivity contribution is 0.0571. The fraction of sp³-hybridized carbons (Fsp3) is 0.583. The number of amides is 1. The smallest absolute Gasteiger partial charge is 0.443 e. The zero-order valence-electron chi connectivity index (χ0n) is 12.2.